The highest BCUT2D eigenvalue weighted by Crippen LogP contribution is 2.39. The molecule has 0 bridgehead atoms. The number of ether oxygens (including phenoxy) is 6. The number of aliphatic hydroxyl groups excluding tert-OH is 3. The third-order valence-electron chi connectivity index (χ3n) is 13.3. The number of carbonyl (C=O) groups excluding carboxylic acids is 3. The van der Waals surface area contributed by atoms with Crippen LogP contribution < -0.4 is 45.4 Å². The maximum atomic E-state index is 14.0. The molecule has 1 saturated heterocycles. The van der Waals surface area contributed by atoms with E-state index < -0.39 is 54.4 Å². The van der Waals surface area contributed by atoms with Crippen LogP contribution in [0, 0.1) is 0 Å². The molecule has 3 amide bonds. The number of pyridine rings is 1. The lowest BCUT2D eigenvalue weighted by atomic mass is 9.94. The van der Waals surface area contributed by atoms with Crippen molar-refractivity contribution in [1.82, 2.24) is 4.98 Å². The first-order chi connectivity index (χ1) is 35.6. The molecule has 2 aliphatic heterocycles. The van der Waals surface area contributed by atoms with Gasteiger partial charge in [0.2, 0.25) is 12.2 Å². The molecule has 2 aliphatic rings. The zero-order chi connectivity index (χ0) is 52.7. The Morgan fingerprint density at radius 3 is 2.09 bits per heavy atom. The molecular weight excluding hydrogens is 957 g/mol. The SMILES string of the molecule is COc1cc2c(cc1OC)C[N+](CCc1ccc(NC(=O)c3cc(OC)c(OC)cc3NC(=O)c3cnc4ccccc4c3)cc1)(Cc1ccc(OC3O[C@H](C(=O)O)[C@@H](O)[C@H](O)[C@H]3O)c(NC(=O)CCN)c1)CC2. The first kappa shape index (κ1) is 52.5. The molecule has 0 radical (unpaired) electrons. The van der Waals surface area contributed by atoms with Gasteiger partial charge in [0.1, 0.15) is 37.2 Å². The van der Waals surface area contributed by atoms with E-state index in [1.165, 1.54) is 32.5 Å². The topological polar surface area (TPSA) is 280 Å². The van der Waals surface area contributed by atoms with Crippen LogP contribution in [0.4, 0.5) is 17.1 Å². The summed E-state index contributed by atoms with van der Waals surface area (Å²) in [5, 5.41) is 50.5. The number of carboxylic acids is 1. The number of aromatic nitrogens is 1. The molecule has 0 aliphatic carbocycles. The van der Waals surface area contributed by atoms with Crippen molar-refractivity contribution < 1.29 is 72.5 Å². The number of nitrogens with zero attached hydrogens (tertiary/aromatic N) is 2. The number of aliphatic carboxylic acids is 1. The quantitative estimate of drug-likeness (QED) is 0.0513. The first-order valence-electron chi connectivity index (χ1n) is 23.8. The molecule has 3 heterocycles. The minimum atomic E-state index is -1.92. The molecule has 0 spiro atoms. The number of nitrogens with one attached hydrogen (secondary N) is 3. The highest BCUT2D eigenvalue weighted by molar-refractivity contribution is 6.13. The van der Waals surface area contributed by atoms with Gasteiger partial charge in [-0.3, -0.25) is 19.4 Å². The molecule has 20 heteroatoms. The van der Waals surface area contributed by atoms with Crippen molar-refractivity contribution in [2.24, 2.45) is 5.73 Å². The summed E-state index contributed by atoms with van der Waals surface area (Å²) in [6.07, 6.45) is -6.50. The molecule has 1 fully saturated rings. The number of aliphatic hydroxyl groups is 3. The van der Waals surface area contributed by atoms with E-state index in [-0.39, 0.29) is 41.4 Å². The number of methoxy groups -OCH3 is 4. The van der Waals surface area contributed by atoms with E-state index in [0.717, 1.165) is 33.2 Å². The molecule has 20 nitrogen and oxygen atoms in total. The number of rotatable bonds is 19. The summed E-state index contributed by atoms with van der Waals surface area (Å²) in [5.74, 6) is -1.15. The molecule has 0 saturated carbocycles. The van der Waals surface area contributed by atoms with E-state index >= 15 is 0 Å². The minimum absolute atomic E-state index is 0.0149. The second kappa shape index (κ2) is 22.9. The summed E-state index contributed by atoms with van der Waals surface area (Å²) in [6.45, 7) is 2.48. The van der Waals surface area contributed by atoms with Gasteiger partial charge in [-0.1, -0.05) is 30.3 Å². The standard InChI is InChI=1S/C54H58N6O14/c1-69-42-23-32-17-20-60(29-35(32)24-43(42)70-2,28-31-11-14-41(40(21-31)58-46(61)15-18-55)73-54-49(64)47(62)48(63)50(74-54)53(67)68)19-16-30-9-12-36(13-10-30)57-52(66)37-25-44(71-3)45(72-4)26-39(37)59-51(65)34-22-33-7-5-6-8-38(33)56-27-34/h5-14,21-27,47-50,54,62-64H,15-20,28-29,55H2,1-4H3,(H3-,57,58,59,61,65,66,67,68)/p+1/t47-,48-,49+,50-,54?,60?/m0/s1. The second-order valence-corrected chi connectivity index (χ2v) is 18.1. The van der Waals surface area contributed by atoms with Gasteiger partial charge < -0.3 is 75.0 Å². The fourth-order valence-corrected chi connectivity index (χ4v) is 9.31. The average molecular weight is 1020 g/mol. The fraction of sp³-hybridized carbons (Fsp3) is 0.315. The van der Waals surface area contributed by atoms with Crippen LogP contribution in [0.1, 0.15) is 49.4 Å². The number of carboxylic acid groups (broad SMARTS) is 1. The number of quaternary nitrogens is 1. The number of benzene rings is 5. The van der Waals surface area contributed by atoms with E-state index in [1.54, 1.807) is 50.6 Å². The molecular formula is C54H59N6O14+. The van der Waals surface area contributed by atoms with Crippen LogP contribution >= 0.6 is 0 Å². The minimum Gasteiger partial charge on any atom is -0.493 e. The van der Waals surface area contributed by atoms with Crippen molar-refractivity contribution in [3.05, 3.63) is 137 Å². The monoisotopic (exact) mass is 1020 g/mol. The van der Waals surface area contributed by atoms with Gasteiger partial charge in [0.05, 0.1) is 69.5 Å². The van der Waals surface area contributed by atoms with Gasteiger partial charge in [-0.05, 0) is 71.8 Å². The van der Waals surface area contributed by atoms with Crippen molar-refractivity contribution in [3.8, 4) is 28.7 Å². The fourth-order valence-electron chi connectivity index (χ4n) is 9.31. The van der Waals surface area contributed by atoms with Crippen LogP contribution in [-0.4, -0.2) is 132 Å². The predicted octanol–water partition coefficient (Wildman–Crippen LogP) is 4.65. The summed E-state index contributed by atoms with van der Waals surface area (Å²) in [6, 6.07) is 28.8. The number of para-hydroxylation sites is 1. The Kier molecular flexibility index (Phi) is 16.3. The lowest BCUT2D eigenvalue weighted by molar-refractivity contribution is -0.955. The number of carbonyl (C=O) groups is 4. The van der Waals surface area contributed by atoms with Gasteiger partial charge in [0.15, 0.2) is 29.1 Å². The lowest BCUT2D eigenvalue weighted by Crippen LogP contribution is -2.61. The Morgan fingerprint density at radius 1 is 0.716 bits per heavy atom. The van der Waals surface area contributed by atoms with E-state index in [1.807, 2.05) is 48.5 Å². The zero-order valence-corrected chi connectivity index (χ0v) is 41.2. The molecule has 1 aromatic heterocycles. The second-order valence-electron chi connectivity index (χ2n) is 18.1. The maximum absolute atomic E-state index is 14.0. The van der Waals surface area contributed by atoms with Crippen molar-refractivity contribution in [2.75, 3.05) is 64.0 Å². The van der Waals surface area contributed by atoms with E-state index in [9.17, 15) is 39.6 Å². The third-order valence-corrected chi connectivity index (χ3v) is 13.3. The Bertz CT molecular complexity index is 3050. The van der Waals surface area contributed by atoms with Crippen molar-refractivity contribution >= 4 is 51.7 Å². The summed E-state index contributed by atoms with van der Waals surface area (Å²) in [4.78, 5) is 56.9. The smallest absolute Gasteiger partial charge is 0.335 e. The maximum Gasteiger partial charge on any atom is 0.335 e. The predicted molar refractivity (Wildman–Crippen MR) is 272 cm³/mol. The molecule has 2 unspecified atom stereocenters. The van der Waals surface area contributed by atoms with E-state index in [2.05, 4.69) is 20.9 Å². The third kappa shape index (κ3) is 11.7. The molecule has 74 heavy (non-hydrogen) atoms. The van der Waals surface area contributed by atoms with Crippen LogP contribution in [0.15, 0.2) is 103 Å². The van der Waals surface area contributed by atoms with Gasteiger partial charge in [0, 0.05) is 60.3 Å². The Morgan fingerprint density at radius 2 is 1.39 bits per heavy atom. The number of amides is 3. The highest BCUT2D eigenvalue weighted by Gasteiger charge is 2.48. The summed E-state index contributed by atoms with van der Waals surface area (Å²) in [7, 11) is 6.09. The molecule has 6 atom stereocenters. The summed E-state index contributed by atoms with van der Waals surface area (Å²) >= 11 is 0. The van der Waals surface area contributed by atoms with E-state index in [0.29, 0.717) is 72.0 Å². The van der Waals surface area contributed by atoms with Crippen LogP contribution in [0.25, 0.3) is 10.9 Å². The van der Waals surface area contributed by atoms with Crippen LogP contribution in [0.3, 0.4) is 0 Å². The number of nitrogens with two attached hydrogens (primary N) is 1. The normalized spacial score (nSPS) is 20.1. The highest BCUT2D eigenvalue weighted by atomic mass is 16.7. The van der Waals surface area contributed by atoms with Gasteiger partial charge in [-0.25, -0.2) is 4.79 Å². The molecule has 388 valence electrons. The van der Waals surface area contributed by atoms with Gasteiger partial charge in [-0.2, -0.15) is 0 Å². The average Bonchev–Trinajstić information content (AvgIpc) is 3.40. The number of hydrogen-bond acceptors (Lipinski definition) is 15. The van der Waals surface area contributed by atoms with Crippen molar-refractivity contribution in [1.29, 1.82) is 0 Å². The number of hydrogen-bond donors (Lipinski definition) is 8. The molecule has 8 rings (SSSR count). The zero-order valence-electron chi connectivity index (χ0n) is 41.2. The van der Waals surface area contributed by atoms with E-state index in [4.69, 9.17) is 34.2 Å². The Hall–Kier alpha value is -7.85. The van der Waals surface area contributed by atoms with Crippen LogP contribution in [0.2, 0.25) is 0 Å². The molecule has 6 aromatic rings. The lowest BCUT2D eigenvalue weighted by Gasteiger charge is -2.43. The largest absolute Gasteiger partial charge is 0.493 e. The number of fused-ring (bicyclic) bond motifs is 2. The molecule has 9 N–H and O–H groups in total. The summed E-state index contributed by atoms with van der Waals surface area (Å²) < 4.78 is 34.2. The number of anilines is 3. The summed E-state index contributed by atoms with van der Waals surface area (Å²) in [5.41, 5.74) is 11.7. The van der Waals surface area contributed by atoms with Gasteiger partial charge >= 0.3 is 5.97 Å². The van der Waals surface area contributed by atoms with Crippen molar-refractivity contribution in [2.45, 2.75) is 63.1 Å². The van der Waals surface area contributed by atoms with Crippen molar-refractivity contribution in [3.63, 3.8) is 0 Å². The van der Waals surface area contributed by atoms with Crippen LogP contribution in [0.5, 0.6) is 28.7 Å². The van der Waals surface area contributed by atoms with Gasteiger partial charge in [0.25, 0.3) is 11.8 Å². The Balaban J connectivity index is 1.04. The molecule has 5 aromatic carbocycles. The van der Waals surface area contributed by atoms with Crippen LogP contribution in [-0.2, 0) is 40.3 Å². The Labute approximate surface area is 426 Å². The van der Waals surface area contributed by atoms with Gasteiger partial charge in [-0.15, -0.1) is 0 Å². The first-order valence-corrected chi connectivity index (χ1v) is 23.8.